The van der Waals surface area contributed by atoms with Crippen LogP contribution in [0.3, 0.4) is 0 Å². The molecule has 0 aliphatic heterocycles. The third-order valence-electron chi connectivity index (χ3n) is 0.875. The van der Waals surface area contributed by atoms with E-state index >= 15 is 0 Å². The minimum atomic E-state index is 0.214. The molecule has 1 aromatic heterocycles. The van der Waals surface area contributed by atoms with Crippen molar-refractivity contribution in [2.24, 2.45) is 0 Å². The Balaban J connectivity index is 3.14. The zero-order chi connectivity index (χ0) is 7.40. The molecule has 1 aromatic rings. The van der Waals surface area contributed by atoms with Gasteiger partial charge in [-0.05, 0) is 0 Å². The van der Waals surface area contributed by atoms with Crippen LogP contribution in [0, 0.1) is 0 Å². The lowest BCUT2D eigenvalue weighted by molar-refractivity contribution is 0.570. The zero-order valence-corrected chi connectivity index (χ0v) is 5.67. The number of hydrogen-bond acceptors (Lipinski definition) is 3. The molecule has 1 heterocycles. The quantitative estimate of drug-likeness (QED) is 0.567. The second kappa shape index (κ2) is 3.11. The predicted molar refractivity (Wildman–Crippen MR) is 37.2 cm³/mol. The molecular weight excluding hydrogens is 152 g/mol. The third kappa shape index (κ3) is 1.41. The van der Waals surface area contributed by atoms with Crippen LogP contribution in [0.15, 0.2) is 12.4 Å². The molecule has 0 spiro atoms. The minimum absolute atomic E-state index is 0.214. The fourth-order valence-corrected chi connectivity index (χ4v) is 0.644. The first kappa shape index (κ1) is 6.93. The van der Waals surface area contributed by atoms with Crippen molar-refractivity contribution in [1.82, 2.24) is 9.97 Å². The van der Waals surface area contributed by atoms with Crippen molar-refractivity contribution in [3.05, 3.63) is 23.2 Å². The maximum Gasteiger partial charge on any atom is 0.155 e. The topological polar surface area (TPSA) is 42.9 Å². The number of nitrogens with zero attached hydrogens (tertiary/aromatic N) is 2. The minimum Gasteiger partial charge on any atom is -0.251 e. The summed E-state index contributed by atoms with van der Waals surface area (Å²) >= 11 is 5.52. The van der Waals surface area contributed by atoms with Crippen molar-refractivity contribution >= 4 is 23.6 Å². The molecule has 0 atom stereocenters. The lowest BCUT2D eigenvalue weighted by Gasteiger charge is -1.89. The molecular formula is C6H3ClN2O. The Labute approximate surface area is 62.4 Å². The van der Waals surface area contributed by atoms with Crippen molar-refractivity contribution < 1.29 is 4.79 Å². The highest BCUT2D eigenvalue weighted by atomic mass is 35.5. The van der Waals surface area contributed by atoms with Crippen LogP contribution in [0.5, 0.6) is 0 Å². The van der Waals surface area contributed by atoms with Gasteiger partial charge in [-0.3, -0.25) is 4.98 Å². The van der Waals surface area contributed by atoms with Crippen molar-refractivity contribution in [2.75, 3.05) is 0 Å². The van der Waals surface area contributed by atoms with Crippen LogP contribution in [0.4, 0.5) is 0 Å². The van der Waals surface area contributed by atoms with Crippen LogP contribution in [-0.2, 0) is 4.79 Å². The molecule has 0 N–H and O–H groups in total. The van der Waals surface area contributed by atoms with Gasteiger partial charge in [-0.2, -0.15) is 0 Å². The van der Waals surface area contributed by atoms with Gasteiger partial charge in [0.25, 0.3) is 0 Å². The summed E-state index contributed by atoms with van der Waals surface area (Å²) in [4.78, 5) is 17.3. The highest BCUT2D eigenvalue weighted by molar-refractivity contribution is 6.30. The predicted octanol–water partition coefficient (Wildman–Crippen LogP) is 0.975. The van der Waals surface area contributed by atoms with Crippen molar-refractivity contribution in [3.63, 3.8) is 0 Å². The number of aromatic nitrogens is 2. The lowest BCUT2D eigenvalue weighted by atomic mass is 10.4. The normalized spacial score (nSPS) is 8.50. The fraction of sp³-hybridized carbons (Fsp3) is 0. The van der Waals surface area contributed by atoms with E-state index in [-0.39, 0.29) is 5.15 Å². The van der Waals surface area contributed by atoms with E-state index in [1.54, 1.807) is 5.94 Å². The summed E-state index contributed by atoms with van der Waals surface area (Å²) in [5.74, 6) is 1.56. The SMILES string of the molecule is O=C=Cc1nccnc1Cl. The lowest BCUT2D eigenvalue weighted by Crippen LogP contribution is -1.83. The molecule has 4 heteroatoms. The van der Waals surface area contributed by atoms with Gasteiger partial charge in [0.1, 0.15) is 11.6 Å². The van der Waals surface area contributed by atoms with Gasteiger partial charge in [-0.15, -0.1) is 0 Å². The molecule has 3 nitrogen and oxygen atoms in total. The van der Waals surface area contributed by atoms with E-state index in [9.17, 15) is 4.79 Å². The summed E-state index contributed by atoms with van der Waals surface area (Å²) in [7, 11) is 0. The summed E-state index contributed by atoms with van der Waals surface area (Å²) in [5, 5.41) is 0.214. The molecule has 0 aliphatic carbocycles. The molecule has 0 bridgehead atoms. The monoisotopic (exact) mass is 154 g/mol. The summed E-state index contributed by atoms with van der Waals surface area (Å²) in [6, 6.07) is 0. The molecule has 1 rings (SSSR count). The second-order valence-electron chi connectivity index (χ2n) is 1.49. The Kier molecular flexibility index (Phi) is 2.15. The molecule has 0 amide bonds. The molecule has 0 fully saturated rings. The number of hydrogen-bond donors (Lipinski definition) is 0. The molecule has 0 saturated carbocycles. The molecule has 10 heavy (non-hydrogen) atoms. The highest BCUT2D eigenvalue weighted by Crippen LogP contribution is 2.07. The largest absolute Gasteiger partial charge is 0.251 e. The van der Waals surface area contributed by atoms with E-state index < -0.39 is 0 Å². The molecule has 0 aliphatic rings. The van der Waals surface area contributed by atoms with Gasteiger partial charge >= 0.3 is 0 Å². The molecule has 50 valence electrons. The van der Waals surface area contributed by atoms with Gasteiger partial charge in [-0.1, -0.05) is 11.6 Å². The van der Waals surface area contributed by atoms with E-state index in [2.05, 4.69) is 9.97 Å². The third-order valence-corrected chi connectivity index (χ3v) is 1.17. The van der Waals surface area contributed by atoms with Crippen LogP contribution in [0.25, 0.3) is 6.08 Å². The maximum atomic E-state index is 9.82. The highest BCUT2D eigenvalue weighted by Gasteiger charge is 1.95. The van der Waals surface area contributed by atoms with Crippen molar-refractivity contribution in [2.45, 2.75) is 0 Å². The second-order valence-corrected chi connectivity index (χ2v) is 1.85. The van der Waals surface area contributed by atoms with Crippen molar-refractivity contribution in [1.29, 1.82) is 0 Å². The molecule has 0 unspecified atom stereocenters. The van der Waals surface area contributed by atoms with Gasteiger partial charge in [0.2, 0.25) is 0 Å². The molecule has 0 saturated heterocycles. The van der Waals surface area contributed by atoms with Crippen molar-refractivity contribution in [3.8, 4) is 0 Å². The first-order chi connectivity index (χ1) is 4.84. The van der Waals surface area contributed by atoms with Gasteiger partial charge in [0, 0.05) is 12.4 Å². The standard InChI is InChI=1S/C6H3ClN2O/c7-6-5(1-4-10)8-2-3-9-6/h1-3H. The van der Waals surface area contributed by atoms with E-state index in [0.29, 0.717) is 5.69 Å². The number of carbonyl (C=O) groups excluding carboxylic acids is 1. The molecule has 0 aromatic carbocycles. The van der Waals surface area contributed by atoms with Crippen LogP contribution in [-0.4, -0.2) is 15.9 Å². The smallest absolute Gasteiger partial charge is 0.155 e. The van der Waals surface area contributed by atoms with E-state index in [4.69, 9.17) is 11.6 Å². The van der Waals surface area contributed by atoms with Crippen LogP contribution >= 0.6 is 11.6 Å². The van der Waals surface area contributed by atoms with Crippen LogP contribution in [0.1, 0.15) is 5.69 Å². The molecule has 0 radical (unpaired) electrons. The zero-order valence-electron chi connectivity index (χ0n) is 4.91. The van der Waals surface area contributed by atoms with Crippen LogP contribution < -0.4 is 0 Å². The maximum absolute atomic E-state index is 9.82. The summed E-state index contributed by atoms with van der Waals surface area (Å²) in [6.07, 6.45) is 4.04. The summed E-state index contributed by atoms with van der Waals surface area (Å²) < 4.78 is 0. The van der Waals surface area contributed by atoms with Crippen LogP contribution in [0.2, 0.25) is 5.15 Å². The van der Waals surface area contributed by atoms with E-state index in [1.807, 2.05) is 0 Å². The number of rotatable bonds is 1. The Bertz CT molecular complexity index is 281. The van der Waals surface area contributed by atoms with Gasteiger partial charge in [0.05, 0.1) is 6.08 Å². The first-order valence-electron chi connectivity index (χ1n) is 2.52. The van der Waals surface area contributed by atoms with Gasteiger partial charge in [-0.25, -0.2) is 9.78 Å². The first-order valence-corrected chi connectivity index (χ1v) is 2.90. The Morgan fingerprint density at radius 3 is 2.80 bits per heavy atom. The fourth-order valence-electron chi connectivity index (χ4n) is 0.484. The average molecular weight is 155 g/mol. The Morgan fingerprint density at radius 1 is 1.50 bits per heavy atom. The van der Waals surface area contributed by atoms with Gasteiger partial charge in [0.15, 0.2) is 5.15 Å². The Morgan fingerprint density at radius 2 is 2.20 bits per heavy atom. The number of halogens is 1. The van der Waals surface area contributed by atoms with Gasteiger partial charge < -0.3 is 0 Å². The van der Waals surface area contributed by atoms with E-state index in [1.165, 1.54) is 12.4 Å². The average Bonchev–Trinajstić information content (AvgIpc) is 1.94. The Hall–Kier alpha value is -1.18. The van der Waals surface area contributed by atoms with E-state index in [0.717, 1.165) is 6.08 Å². The summed E-state index contributed by atoms with van der Waals surface area (Å²) in [5.41, 5.74) is 0.346. The summed E-state index contributed by atoms with van der Waals surface area (Å²) in [6.45, 7) is 0.